The van der Waals surface area contributed by atoms with Crippen LogP contribution in [-0.4, -0.2) is 56.7 Å². The fraction of sp³-hybridized carbons (Fsp3) is 0.375. The van der Waals surface area contributed by atoms with Gasteiger partial charge < -0.3 is 14.7 Å². The Labute approximate surface area is 197 Å². The van der Waals surface area contributed by atoms with Crippen LogP contribution in [0.25, 0.3) is 0 Å². The Kier molecular flexibility index (Phi) is 8.88. The van der Waals surface area contributed by atoms with Crippen molar-refractivity contribution in [2.75, 3.05) is 7.11 Å². The van der Waals surface area contributed by atoms with Crippen molar-refractivity contribution in [1.82, 2.24) is 10.4 Å². The third-order valence-corrected chi connectivity index (χ3v) is 5.72. The topological polar surface area (TPSA) is 91.2 Å². The average Bonchev–Trinajstić information content (AvgIpc) is 2.78. The molecule has 7 nitrogen and oxygen atoms in total. The molecule has 2 N–H and O–H groups in total. The fourth-order valence-electron chi connectivity index (χ4n) is 3.98. The smallest absolute Gasteiger partial charge is 0.305 e. The van der Waals surface area contributed by atoms with Crippen LogP contribution in [0.4, 0.5) is 0 Å². The van der Waals surface area contributed by atoms with Gasteiger partial charge in [0.25, 0.3) is 11.8 Å². The first-order chi connectivity index (χ1) is 15.6. The number of hydrogen-bond acceptors (Lipinski definition) is 5. The van der Waals surface area contributed by atoms with Gasteiger partial charge in [0.15, 0.2) is 0 Å². The Morgan fingerprint density at radius 2 is 2.00 bits per heavy atom. The Bertz CT molecular complexity index is 1030. The lowest BCUT2D eigenvalue weighted by atomic mass is 9.82. The molecule has 0 radical (unpaired) electrons. The minimum atomic E-state index is -0.389. The lowest BCUT2D eigenvalue weighted by Crippen LogP contribution is -2.56. The number of carbonyl (C=O) groups is 2. The molecule has 174 valence electrons. The van der Waals surface area contributed by atoms with E-state index < -0.39 is 0 Å². The van der Waals surface area contributed by atoms with Crippen molar-refractivity contribution in [3.8, 4) is 5.75 Å². The van der Waals surface area contributed by atoms with Crippen LogP contribution < -0.4 is 15.6 Å². The molecular weight excluding hydrogens is 416 g/mol. The van der Waals surface area contributed by atoms with E-state index in [1.807, 2.05) is 34.6 Å². The second-order valence-corrected chi connectivity index (χ2v) is 9.00. The molecule has 9 heteroatoms. The van der Waals surface area contributed by atoms with E-state index in [1.165, 1.54) is 5.01 Å². The molecule has 2 aromatic carbocycles. The first kappa shape index (κ1) is 26.2. The molecule has 2 amide bonds. The fourth-order valence-corrected chi connectivity index (χ4v) is 3.98. The summed E-state index contributed by atoms with van der Waals surface area (Å²) in [6.45, 7) is 9.89. The highest BCUT2D eigenvalue weighted by Gasteiger charge is 2.34. The summed E-state index contributed by atoms with van der Waals surface area (Å²) in [7, 11) is 2.97. The molecular formula is C24H33B2N3O4. The highest BCUT2D eigenvalue weighted by Crippen LogP contribution is 2.28. The zero-order valence-corrected chi connectivity index (χ0v) is 20.6. The monoisotopic (exact) mass is 449 g/mol. The summed E-state index contributed by atoms with van der Waals surface area (Å²) < 4.78 is 5.34. The van der Waals surface area contributed by atoms with E-state index in [-0.39, 0.29) is 30.8 Å². The van der Waals surface area contributed by atoms with Gasteiger partial charge in [-0.05, 0) is 48.0 Å². The van der Waals surface area contributed by atoms with Crippen LogP contribution in [0.1, 0.15) is 66.0 Å². The highest BCUT2D eigenvalue weighted by molar-refractivity contribution is 6.48. The van der Waals surface area contributed by atoms with Gasteiger partial charge in [-0.1, -0.05) is 45.9 Å². The third kappa shape index (κ3) is 6.05. The van der Waals surface area contributed by atoms with E-state index in [0.717, 1.165) is 5.56 Å². The number of ether oxygens (including phenoxy) is 1. The number of rotatable bonds is 7. The van der Waals surface area contributed by atoms with E-state index in [9.17, 15) is 14.6 Å². The summed E-state index contributed by atoms with van der Waals surface area (Å²) in [6.07, 6.45) is 2.27. The van der Waals surface area contributed by atoms with Crippen molar-refractivity contribution in [2.24, 2.45) is 10.3 Å². The van der Waals surface area contributed by atoms with Crippen molar-refractivity contribution >= 4 is 39.0 Å². The van der Waals surface area contributed by atoms with E-state index in [0.29, 0.717) is 34.3 Å². The Morgan fingerprint density at radius 3 is 2.55 bits per heavy atom. The SMILES string of the molecule is B/N=C\c1ccc(C(=O)N(NC(=O)c2cccc(OC)c2C)[C@H](CC)C(C)(C)C)cc1BO. The summed E-state index contributed by atoms with van der Waals surface area (Å²) in [4.78, 5) is 30.9. The maximum Gasteiger partial charge on any atom is 0.305 e. The minimum Gasteiger partial charge on any atom is -0.496 e. The molecule has 0 heterocycles. The van der Waals surface area contributed by atoms with Gasteiger partial charge in [-0.3, -0.25) is 15.0 Å². The highest BCUT2D eigenvalue weighted by atomic mass is 16.5. The zero-order valence-electron chi connectivity index (χ0n) is 20.6. The third-order valence-electron chi connectivity index (χ3n) is 5.72. The Balaban J connectivity index is 2.51. The van der Waals surface area contributed by atoms with Crippen molar-refractivity contribution in [3.63, 3.8) is 0 Å². The van der Waals surface area contributed by atoms with Gasteiger partial charge in [0, 0.05) is 22.9 Å². The number of hydrazine groups is 1. The molecule has 0 aliphatic rings. The van der Waals surface area contributed by atoms with Crippen LogP contribution >= 0.6 is 0 Å². The van der Waals surface area contributed by atoms with Crippen LogP contribution in [0.15, 0.2) is 41.3 Å². The molecule has 0 spiro atoms. The number of carbonyl (C=O) groups excluding carboxylic acids is 2. The van der Waals surface area contributed by atoms with Crippen LogP contribution in [0.2, 0.25) is 0 Å². The number of nitrogens with zero attached hydrogens (tertiary/aromatic N) is 2. The predicted molar refractivity (Wildman–Crippen MR) is 136 cm³/mol. The normalized spacial score (nSPS) is 12.3. The molecule has 0 aromatic heterocycles. The van der Waals surface area contributed by atoms with Crippen LogP contribution in [-0.2, 0) is 0 Å². The number of hydrogen-bond donors (Lipinski definition) is 2. The number of methoxy groups -OCH3 is 1. The van der Waals surface area contributed by atoms with Gasteiger partial charge in [-0.25, -0.2) is 5.01 Å². The molecule has 0 aliphatic heterocycles. The molecule has 1 atom stereocenters. The summed E-state index contributed by atoms with van der Waals surface area (Å²) in [6, 6.07) is 10.0. The summed E-state index contributed by atoms with van der Waals surface area (Å²) in [5, 5.41) is 11.2. The lowest BCUT2D eigenvalue weighted by molar-refractivity contribution is 0.0284. The first-order valence-electron chi connectivity index (χ1n) is 11.0. The van der Waals surface area contributed by atoms with Crippen molar-refractivity contribution < 1.29 is 19.3 Å². The summed E-state index contributed by atoms with van der Waals surface area (Å²) >= 11 is 0. The minimum absolute atomic E-state index is 0.228. The maximum atomic E-state index is 13.7. The quantitative estimate of drug-likeness (QED) is 0.382. The van der Waals surface area contributed by atoms with Gasteiger partial charge in [0.2, 0.25) is 7.98 Å². The Morgan fingerprint density at radius 1 is 1.30 bits per heavy atom. The van der Waals surface area contributed by atoms with Crippen LogP contribution in [0.3, 0.4) is 0 Å². The molecule has 0 fully saturated rings. The zero-order chi connectivity index (χ0) is 24.8. The summed E-state index contributed by atoms with van der Waals surface area (Å²) in [5.41, 5.74) is 5.39. The van der Waals surface area contributed by atoms with Gasteiger partial charge in [0.1, 0.15) is 5.75 Å². The van der Waals surface area contributed by atoms with E-state index in [4.69, 9.17) is 4.74 Å². The van der Waals surface area contributed by atoms with Gasteiger partial charge in [-0.15, -0.1) is 0 Å². The summed E-state index contributed by atoms with van der Waals surface area (Å²) in [5.74, 6) is -0.135. The van der Waals surface area contributed by atoms with Gasteiger partial charge in [-0.2, -0.15) is 0 Å². The van der Waals surface area contributed by atoms with Gasteiger partial charge >= 0.3 is 7.48 Å². The molecule has 0 bridgehead atoms. The van der Waals surface area contributed by atoms with Crippen molar-refractivity contribution in [2.45, 2.75) is 47.1 Å². The van der Waals surface area contributed by atoms with E-state index in [1.54, 1.807) is 57.7 Å². The van der Waals surface area contributed by atoms with Crippen LogP contribution in [0, 0.1) is 12.3 Å². The molecule has 0 saturated carbocycles. The predicted octanol–water partition coefficient (Wildman–Crippen LogP) is 1.55. The van der Waals surface area contributed by atoms with E-state index >= 15 is 0 Å². The Hall–Kier alpha value is -3.06. The number of nitrogens with one attached hydrogen (secondary N) is 1. The van der Waals surface area contributed by atoms with Crippen LogP contribution in [0.5, 0.6) is 5.75 Å². The lowest BCUT2D eigenvalue weighted by Gasteiger charge is -2.39. The largest absolute Gasteiger partial charge is 0.496 e. The maximum absolute atomic E-state index is 13.7. The molecule has 2 rings (SSSR count). The second kappa shape index (κ2) is 11.2. The number of benzene rings is 2. The van der Waals surface area contributed by atoms with Crippen molar-refractivity contribution in [1.29, 1.82) is 0 Å². The molecule has 33 heavy (non-hydrogen) atoms. The van der Waals surface area contributed by atoms with E-state index in [2.05, 4.69) is 10.3 Å². The average molecular weight is 449 g/mol. The van der Waals surface area contributed by atoms with Gasteiger partial charge in [0.05, 0.1) is 13.2 Å². The second-order valence-electron chi connectivity index (χ2n) is 9.00. The standard InChI is InChI=1S/C24H33B2N3O4/c1-7-21(24(3,4)5)29(28-22(30)18-9-8-10-20(33-6)15(18)2)23(31)16-11-12-17(14-27-25)19(13-16)26-32/h8-14,21,26,32H,7,25H2,1-6H3,(H,28,30)/b27-14-/t21-/m1/s1. The van der Waals surface area contributed by atoms with Crippen molar-refractivity contribution in [3.05, 3.63) is 58.7 Å². The first-order valence-corrected chi connectivity index (χ1v) is 11.0. The molecule has 2 aromatic rings. The molecule has 0 aliphatic carbocycles. The number of amides is 2. The molecule has 0 saturated heterocycles. The molecule has 0 unspecified atom stereocenters.